The van der Waals surface area contributed by atoms with Gasteiger partial charge in [-0.3, -0.25) is 9.59 Å². The van der Waals surface area contributed by atoms with Crippen molar-refractivity contribution in [3.8, 4) is 5.69 Å². The average Bonchev–Trinajstić information content (AvgIpc) is 2.56. The number of hydrogen-bond acceptors (Lipinski definition) is 4. The summed E-state index contributed by atoms with van der Waals surface area (Å²) < 4.78 is 1.10. The molecule has 1 aromatic heterocycles. The van der Waals surface area contributed by atoms with E-state index in [1.807, 2.05) is 6.92 Å². The first kappa shape index (κ1) is 17.4. The predicted octanol–water partition coefficient (Wildman–Crippen LogP) is 1.61. The van der Waals surface area contributed by atoms with Gasteiger partial charge < -0.3 is 10.4 Å². The van der Waals surface area contributed by atoms with Crippen molar-refractivity contribution in [1.82, 2.24) is 15.1 Å². The van der Waals surface area contributed by atoms with Crippen LogP contribution < -0.4 is 10.9 Å². The monoisotopic (exact) mass is 329 g/mol. The molecule has 7 heteroatoms. The molecule has 1 heterocycles. The summed E-state index contributed by atoms with van der Waals surface area (Å²) in [5, 5.41) is 15.9. The highest BCUT2D eigenvalue weighted by Gasteiger charge is 2.34. The standard InChI is InChI=1S/C17H19N3O4/c1-3-11-17(2,16(23)24)18-15(22)13-9-10-14(21)20(19-13)12-7-5-4-6-8-12/h4-10H,3,11H2,1-2H3,(H,18,22)(H,23,24). The van der Waals surface area contributed by atoms with E-state index in [9.17, 15) is 19.5 Å². The first-order valence-corrected chi connectivity index (χ1v) is 7.59. The lowest BCUT2D eigenvalue weighted by Gasteiger charge is -2.25. The Labute approximate surface area is 138 Å². The Morgan fingerprint density at radius 2 is 1.88 bits per heavy atom. The van der Waals surface area contributed by atoms with Crippen LogP contribution in [0, 0.1) is 0 Å². The zero-order chi connectivity index (χ0) is 17.7. The molecule has 1 aromatic carbocycles. The van der Waals surface area contributed by atoms with Gasteiger partial charge in [-0.25, -0.2) is 4.79 Å². The molecule has 2 rings (SSSR count). The van der Waals surface area contributed by atoms with Crippen molar-refractivity contribution >= 4 is 11.9 Å². The zero-order valence-electron chi connectivity index (χ0n) is 13.5. The molecule has 2 N–H and O–H groups in total. The molecule has 0 saturated carbocycles. The Hall–Kier alpha value is -2.96. The van der Waals surface area contributed by atoms with Gasteiger partial charge in [-0.15, -0.1) is 0 Å². The number of carbonyl (C=O) groups is 2. The Bertz CT molecular complexity index is 801. The number of benzene rings is 1. The number of carbonyl (C=O) groups excluding carboxylic acids is 1. The van der Waals surface area contributed by atoms with E-state index in [4.69, 9.17) is 0 Å². The molecule has 2 aromatic rings. The molecule has 0 aliphatic rings. The normalized spacial score (nSPS) is 13.1. The lowest BCUT2D eigenvalue weighted by Crippen LogP contribution is -2.52. The Kier molecular flexibility index (Phi) is 5.13. The second kappa shape index (κ2) is 7.08. The number of nitrogens with one attached hydrogen (secondary N) is 1. The molecule has 0 saturated heterocycles. The fourth-order valence-electron chi connectivity index (χ4n) is 2.32. The molecule has 126 valence electrons. The number of aromatic nitrogens is 2. The summed E-state index contributed by atoms with van der Waals surface area (Å²) in [4.78, 5) is 35.8. The molecular weight excluding hydrogens is 310 g/mol. The van der Waals surface area contributed by atoms with Crippen molar-refractivity contribution in [2.45, 2.75) is 32.2 Å². The predicted molar refractivity (Wildman–Crippen MR) is 88.2 cm³/mol. The van der Waals surface area contributed by atoms with Gasteiger partial charge in [0.15, 0.2) is 0 Å². The number of rotatable bonds is 6. The van der Waals surface area contributed by atoms with Crippen LogP contribution in [0.2, 0.25) is 0 Å². The van der Waals surface area contributed by atoms with Crippen LogP contribution in [0.25, 0.3) is 5.69 Å². The number of carboxylic acids is 1. The number of aliphatic carboxylic acids is 1. The fourth-order valence-corrected chi connectivity index (χ4v) is 2.32. The van der Waals surface area contributed by atoms with Crippen LogP contribution in [-0.2, 0) is 4.79 Å². The molecule has 0 aliphatic heterocycles. The van der Waals surface area contributed by atoms with Crippen molar-refractivity contribution in [2.24, 2.45) is 0 Å². The average molecular weight is 329 g/mol. The minimum absolute atomic E-state index is 0.0259. The lowest BCUT2D eigenvalue weighted by molar-refractivity contribution is -0.144. The van der Waals surface area contributed by atoms with Crippen molar-refractivity contribution in [2.75, 3.05) is 0 Å². The largest absolute Gasteiger partial charge is 0.480 e. The molecule has 1 atom stereocenters. The van der Waals surface area contributed by atoms with Gasteiger partial charge in [-0.05, 0) is 31.5 Å². The maximum Gasteiger partial charge on any atom is 0.329 e. The Morgan fingerprint density at radius 1 is 1.21 bits per heavy atom. The SMILES string of the molecule is CCCC(C)(NC(=O)c1ccc(=O)n(-c2ccccc2)n1)C(=O)O. The second-order valence-corrected chi connectivity index (χ2v) is 5.65. The van der Waals surface area contributed by atoms with E-state index in [1.165, 1.54) is 19.1 Å². The first-order chi connectivity index (χ1) is 11.4. The molecule has 0 fully saturated rings. The lowest BCUT2D eigenvalue weighted by atomic mass is 9.96. The maximum atomic E-state index is 12.4. The van der Waals surface area contributed by atoms with Crippen LogP contribution in [0.4, 0.5) is 0 Å². The van der Waals surface area contributed by atoms with Gasteiger partial charge in [0.2, 0.25) is 0 Å². The number of amides is 1. The highest BCUT2D eigenvalue weighted by molar-refractivity contribution is 5.96. The Balaban J connectivity index is 2.34. The topological polar surface area (TPSA) is 101 Å². The third kappa shape index (κ3) is 3.68. The van der Waals surface area contributed by atoms with Gasteiger partial charge in [0.05, 0.1) is 5.69 Å². The van der Waals surface area contributed by atoms with Crippen LogP contribution in [0.5, 0.6) is 0 Å². The Morgan fingerprint density at radius 3 is 2.46 bits per heavy atom. The molecule has 7 nitrogen and oxygen atoms in total. The molecule has 1 unspecified atom stereocenters. The summed E-state index contributed by atoms with van der Waals surface area (Å²) in [5.74, 6) is -1.76. The highest BCUT2D eigenvalue weighted by Crippen LogP contribution is 2.13. The molecule has 0 aliphatic carbocycles. The molecule has 0 spiro atoms. The van der Waals surface area contributed by atoms with Crippen molar-refractivity contribution in [3.05, 3.63) is 58.5 Å². The summed E-state index contributed by atoms with van der Waals surface area (Å²) in [5.41, 5.74) is -1.28. The van der Waals surface area contributed by atoms with Gasteiger partial charge in [-0.1, -0.05) is 31.5 Å². The van der Waals surface area contributed by atoms with Gasteiger partial charge in [0.25, 0.3) is 11.5 Å². The molecular formula is C17H19N3O4. The first-order valence-electron chi connectivity index (χ1n) is 7.59. The summed E-state index contributed by atoms with van der Waals surface area (Å²) in [6, 6.07) is 11.2. The van der Waals surface area contributed by atoms with E-state index in [2.05, 4.69) is 10.4 Å². The summed E-state index contributed by atoms with van der Waals surface area (Å²) in [7, 11) is 0. The highest BCUT2D eigenvalue weighted by atomic mass is 16.4. The number of nitrogens with zero attached hydrogens (tertiary/aromatic N) is 2. The maximum absolute atomic E-state index is 12.4. The quantitative estimate of drug-likeness (QED) is 0.838. The number of carboxylic acid groups (broad SMARTS) is 1. The van der Waals surface area contributed by atoms with E-state index >= 15 is 0 Å². The fraction of sp³-hybridized carbons (Fsp3) is 0.294. The molecule has 0 radical (unpaired) electrons. The number of para-hydroxylation sites is 1. The van der Waals surface area contributed by atoms with Gasteiger partial charge in [0, 0.05) is 6.07 Å². The molecule has 0 bridgehead atoms. The zero-order valence-corrected chi connectivity index (χ0v) is 13.5. The van der Waals surface area contributed by atoms with Gasteiger partial charge in [0.1, 0.15) is 11.2 Å². The van der Waals surface area contributed by atoms with E-state index in [0.717, 1.165) is 4.68 Å². The van der Waals surface area contributed by atoms with Crippen molar-refractivity contribution in [3.63, 3.8) is 0 Å². The van der Waals surface area contributed by atoms with Crippen LogP contribution in [0.3, 0.4) is 0 Å². The second-order valence-electron chi connectivity index (χ2n) is 5.65. The number of hydrogen-bond donors (Lipinski definition) is 2. The minimum Gasteiger partial charge on any atom is -0.480 e. The van der Waals surface area contributed by atoms with E-state index in [1.54, 1.807) is 30.3 Å². The van der Waals surface area contributed by atoms with Crippen LogP contribution in [0.1, 0.15) is 37.2 Å². The van der Waals surface area contributed by atoms with Crippen LogP contribution in [-0.4, -0.2) is 32.3 Å². The van der Waals surface area contributed by atoms with E-state index in [-0.39, 0.29) is 17.7 Å². The third-order valence-corrected chi connectivity index (χ3v) is 3.65. The van der Waals surface area contributed by atoms with Crippen LogP contribution in [0.15, 0.2) is 47.3 Å². The smallest absolute Gasteiger partial charge is 0.329 e. The van der Waals surface area contributed by atoms with Crippen LogP contribution >= 0.6 is 0 Å². The van der Waals surface area contributed by atoms with E-state index < -0.39 is 17.4 Å². The van der Waals surface area contributed by atoms with Gasteiger partial charge >= 0.3 is 5.97 Å². The molecule has 1 amide bonds. The third-order valence-electron chi connectivity index (χ3n) is 3.65. The summed E-state index contributed by atoms with van der Waals surface area (Å²) in [6.45, 7) is 3.28. The molecule has 24 heavy (non-hydrogen) atoms. The van der Waals surface area contributed by atoms with Crippen molar-refractivity contribution in [1.29, 1.82) is 0 Å². The van der Waals surface area contributed by atoms with E-state index in [0.29, 0.717) is 12.1 Å². The van der Waals surface area contributed by atoms with Gasteiger partial charge in [-0.2, -0.15) is 9.78 Å². The summed E-state index contributed by atoms with van der Waals surface area (Å²) in [6.07, 6.45) is 0.881. The van der Waals surface area contributed by atoms with Crippen molar-refractivity contribution < 1.29 is 14.7 Å². The minimum atomic E-state index is -1.39. The summed E-state index contributed by atoms with van der Waals surface area (Å²) >= 11 is 0.